The number of hydrogen-bond donors (Lipinski definition) is 0. The van der Waals surface area contributed by atoms with Crippen LogP contribution in [0.3, 0.4) is 0 Å². The van der Waals surface area contributed by atoms with Crippen LogP contribution < -0.4 is 0 Å². The van der Waals surface area contributed by atoms with Gasteiger partial charge >= 0.3 is 0 Å². The first-order chi connectivity index (χ1) is 7.58. The molecule has 0 unspecified atom stereocenters. The van der Waals surface area contributed by atoms with Gasteiger partial charge in [0.25, 0.3) is 0 Å². The van der Waals surface area contributed by atoms with Crippen LogP contribution in [0.2, 0.25) is 0 Å². The highest BCUT2D eigenvalue weighted by atomic mass is 19.1. The lowest BCUT2D eigenvalue weighted by Gasteiger charge is -2.24. The van der Waals surface area contributed by atoms with Crippen molar-refractivity contribution >= 4 is 5.91 Å². The van der Waals surface area contributed by atoms with Gasteiger partial charge in [-0.1, -0.05) is 18.7 Å². The van der Waals surface area contributed by atoms with Crippen molar-refractivity contribution < 1.29 is 9.18 Å². The summed E-state index contributed by atoms with van der Waals surface area (Å²) in [5.74, 6) is -0.157. The van der Waals surface area contributed by atoms with Gasteiger partial charge in [0.2, 0.25) is 5.91 Å². The maximum absolute atomic E-state index is 12.8. The molecule has 1 amide bonds. The van der Waals surface area contributed by atoms with Gasteiger partial charge in [-0.2, -0.15) is 0 Å². The van der Waals surface area contributed by atoms with Crippen molar-refractivity contribution in [2.75, 3.05) is 6.54 Å². The molecule has 1 aromatic rings. The fraction of sp³-hybridized carbons (Fsp3) is 0.308. The van der Waals surface area contributed by atoms with Gasteiger partial charge in [0.05, 0.1) is 6.04 Å². The Morgan fingerprint density at radius 2 is 2.00 bits per heavy atom. The van der Waals surface area contributed by atoms with Crippen LogP contribution in [0.15, 0.2) is 36.4 Å². The second-order valence-electron chi connectivity index (χ2n) is 4.18. The van der Waals surface area contributed by atoms with Crippen LogP contribution in [0, 0.1) is 5.82 Å². The lowest BCUT2D eigenvalue weighted by atomic mass is 10.1. The van der Waals surface area contributed by atoms with Crippen molar-refractivity contribution in [3.05, 3.63) is 47.8 Å². The third-order valence-corrected chi connectivity index (χ3v) is 2.94. The molecule has 1 fully saturated rings. The highest BCUT2D eigenvalue weighted by Crippen LogP contribution is 2.27. The summed E-state index contributed by atoms with van der Waals surface area (Å²) in [5, 5.41) is 0. The van der Waals surface area contributed by atoms with E-state index in [9.17, 15) is 9.18 Å². The van der Waals surface area contributed by atoms with E-state index in [1.807, 2.05) is 6.92 Å². The minimum atomic E-state index is -0.256. The first-order valence-corrected chi connectivity index (χ1v) is 5.29. The van der Waals surface area contributed by atoms with Crippen LogP contribution in [-0.4, -0.2) is 17.4 Å². The van der Waals surface area contributed by atoms with Gasteiger partial charge in [0.15, 0.2) is 0 Å². The molecule has 1 heterocycles. The number of carbonyl (C=O) groups is 1. The van der Waals surface area contributed by atoms with Gasteiger partial charge < -0.3 is 4.90 Å². The van der Waals surface area contributed by atoms with Crippen molar-refractivity contribution in [2.45, 2.75) is 19.4 Å². The molecule has 1 atom stereocenters. The molecule has 1 aromatic carbocycles. The number of likely N-dealkylation sites (tertiary alicyclic amines) is 1. The molecule has 1 aliphatic heterocycles. The van der Waals surface area contributed by atoms with Gasteiger partial charge in [-0.15, -0.1) is 0 Å². The summed E-state index contributed by atoms with van der Waals surface area (Å²) < 4.78 is 12.8. The van der Waals surface area contributed by atoms with Crippen LogP contribution in [-0.2, 0) is 4.79 Å². The second kappa shape index (κ2) is 4.08. The second-order valence-corrected chi connectivity index (χ2v) is 4.18. The fourth-order valence-corrected chi connectivity index (χ4v) is 1.97. The molecule has 3 heteroatoms. The summed E-state index contributed by atoms with van der Waals surface area (Å²) in [7, 11) is 0. The standard InChI is InChI=1S/C13H14FNO/c1-9-7-13(16)15(8-9)10(2)11-3-5-12(14)6-4-11/h3-6,10H,1,7-8H2,2H3/t10-/m0/s1. The van der Waals surface area contributed by atoms with E-state index in [0.717, 1.165) is 11.1 Å². The number of halogens is 1. The van der Waals surface area contributed by atoms with E-state index in [-0.39, 0.29) is 17.8 Å². The third-order valence-electron chi connectivity index (χ3n) is 2.94. The smallest absolute Gasteiger partial charge is 0.227 e. The zero-order valence-electron chi connectivity index (χ0n) is 9.24. The molecule has 0 spiro atoms. The predicted octanol–water partition coefficient (Wildman–Crippen LogP) is 2.68. The Morgan fingerprint density at radius 3 is 2.50 bits per heavy atom. The lowest BCUT2D eigenvalue weighted by Crippen LogP contribution is -2.27. The highest BCUT2D eigenvalue weighted by molar-refractivity contribution is 5.82. The van der Waals surface area contributed by atoms with Crippen LogP contribution in [0.4, 0.5) is 4.39 Å². The number of rotatable bonds is 2. The Morgan fingerprint density at radius 1 is 1.38 bits per heavy atom. The molecule has 0 radical (unpaired) electrons. The number of benzene rings is 1. The Balaban J connectivity index is 2.19. The summed E-state index contributed by atoms with van der Waals surface area (Å²) >= 11 is 0. The molecule has 2 rings (SSSR count). The first kappa shape index (κ1) is 10.9. The maximum Gasteiger partial charge on any atom is 0.227 e. The van der Waals surface area contributed by atoms with Crippen LogP contribution in [0.25, 0.3) is 0 Å². The van der Waals surface area contributed by atoms with Crippen LogP contribution in [0.1, 0.15) is 24.9 Å². The van der Waals surface area contributed by atoms with Gasteiger partial charge in [0.1, 0.15) is 5.82 Å². The zero-order chi connectivity index (χ0) is 11.7. The third kappa shape index (κ3) is 1.98. The Bertz CT molecular complexity index is 424. The Labute approximate surface area is 94.4 Å². The molecule has 1 saturated heterocycles. The van der Waals surface area contributed by atoms with E-state index in [4.69, 9.17) is 0 Å². The molecular formula is C13H14FNO. The molecular weight excluding hydrogens is 205 g/mol. The summed E-state index contributed by atoms with van der Waals surface area (Å²) in [6.07, 6.45) is 0.436. The molecule has 0 saturated carbocycles. The highest BCUT2D eigenvalue weighted by Gasteiger charge is 2.28. The molecule has 1 aliphatic rings. The summed E-state index contributed by atoms with van der Waals surface area (Å²) in [5.41, 5.74) is 1.89. The van der Waals surface area contributed by atoms with E-state index in [2.05, 4.69) is 6.58 Å². The minimum Gasteiger partial charge on any atom is -0.332 e. The molecule has 0 aromatic heterocycles. The molecule has 0 N–H and O–H groups in total. The molecule has 0 bridgehead atoms. The molecule has 0 aliphatic carbocycles. The van der Waals surface area contributed by atoms with E-state index >= 15 is 0 Å². The average Bonchev–Trinajstić information content (AvgIpc) is 2.58. The largest absolute Gasteiger partial charge is 0.332 e. The molecule has 16 heavy (non-hydrogen) atoms. The average molecular weight is 219 g/mol. The SMILES string of the molecule is C=C1CC(=O)N([C@@H](C)c2ccc(F)cc2)C1. The van der Waals surface area contributed by atoms with Crippen LogP contribution >= 0.6 is 0 Å². The molecule has 2 nitrogen and oxygen atoms in total. The Hall–Kier alpha value is -1.64. The summed E-state index contributed by atoms with van der Waals surface area (Å²) in [6, 6.07) is 6.25. The van der Waals surface area contributed by atoms with E-state index in [1.165, 1.54) is 12.1 Å². The lowest BCUT2D eigenvalue weighted by molar-refractivity contribution is -0.129. The zero-order valence-corrected chi connectivity index (χ0v) is 9.24. The van der Waals surface area contributed by atoms with Crippen molar-refractivity contribution in [1.29, 1.82) is 0 Å². The van der Waals surface area contributed by atoms with Crippen molar-refractivity contribution in [3.63, 3.8) is 0 Å². The van der Waals surface area contributed by atoms with E-state index in [1.54, 1.807) is 17.0 Å². The number of hydrogen-bond acceptors (Lipinski definition) is 1. The Kier molecular flexibility index (Phi) is 2.77. The minimum absolute atomic E-state index is 0.0210. The topological polar surface area (TPSA) is 20.3 Å². The maximum atomic E-state index is 12.8. The van der Waals surface area contributed by atoms with E-state index < -0.39 is 0 Å². The molecule has 84 valence electrons. The van der Waals surface area contributed by atoms with Gasteiger partial charge in [-0.25, -0.2) is 4.39 Å². The predicted molar refractivity (Wildman–Crippen MR) is 60.3 cm³/mol. The summed E-state index contributed by atoms with van der Waals surface area (Å²) in [4.78, 5) is 13.4. The number of nitrogens with zero attached hydrogens (tertiary/aromatic N) is 1. The van der Waals surface area contributed by atoms with Gasteiger partial charge in [-0.05, 0) is 30.2 Å². The monoisotopic (exact) mass is 219 g/mol. The van der Waals surface area contributed by atoms with Crippen molar-refractivity contribution in [1.82, 2.24) is 4.90 Å². The van der Waals surface area contributed by atoms with Gasteiger partial charge in [-0.3, -0.25) is 4.79 Å². The van der Waals surface area contributed by atoms with E-state index in [0.29, 0.717) is 13.0 Å². The van der Waals surface area contributed by atoms with Crippen LogP contribution in [0.5, 0.6) is 0 Å². The fourth-order valence-electron chi connectivity index (χ4n) is 1.97. The summed E-state index contributed by atoms with van der Waals surface area (Å²) in [6.45, 7) is 6.38. The normalized spacial score (nSPS) is 18.0. The quantitative estimate of drug-likeness (QED) is 0.700. The van der Waals surface area contributed by atoms with Gasteiger partial charge in [0, 0.05) is 13.0 Å². The van der Waals surface area contributed by atoms with Crippen molar-refractivity contribution in [2.24, 2.45) is 0 Å². The number of carbonyl (C=O) groups excluding carboxylic acids is 1. The van der Waals surface area contributed by atoms with Crippen molar-refractivity contribution in [3.8, 4) is 0 Å². The first-order valence-electron chi connectivity index (χ1n) is 5.29. The number of amides is 1.